The number of amides is 1. The van der Waals surface area contributed by atoms with Gasteiger partial charge in [0.15, 0.2) is 0 Å². The van der Waals surface area contributed by atoms with Crippen LogP contribution in [-0.4, -0.2) is 35.0 Å². The number of ether oxygens (including phenoxy) is 2. The molecule has 1 spiro atoms. The summed E-state index contributed by atoms with van der Waals surface area (Å²) < 4.78 is 24.8. The van der Waals surface area contributed by atoms with Crippen LogP contribution in [0.2, 0.25) is 0 Å². The number of rotatable bonds is 5. The lowest BCUT2D eigenvalue weighted by atomic mass is 9.77. The summed E-state index contributed by atoms with van der Waals surface area (Å²) >= 11 is 0. The van der Waals surface area contributed by atoms with Gasteiger partial charge in [0, 0.05) is 6.54 Å². The van der Waals surface area contributed by atoms with Crippen molar-refractivity contribution in [3.63, 3.8) is 0 Å². The second kappa shape index (κ2) is 6.81. The molecule has 6 heteroatoms. The third-order valence-electron chi connectivity index (χ3n) is 5.96. The smallest absolute Gasteiger partial charge is 0.313 e. The van der Waals surface area contributed by atoms with Gasteiger partial charge in [-0.1, -0.05) is 54.6 Å². The molecule has 2 saturated heterocycles. The average Bonchev–Trinajstić information content (AvgIpc) is 3.37. The molecule has 29 heavy (non-hydrogen) atoms. The minimum atomic E-state index is -0.780. The van der Waals surface area contributed by atoms with Crippen LogP contribution < -0.4 is 0 Å². The molecular weight excluding hydrogens is 373 g/mol. The van der Waals surface area contributed by atoms with Crippen LogP contribution in [0.4, 0.5) is 4.39 Å². The minimum absolute atomic E-state index is 0.122. The van der Waals surface area contributed by atoms with Gasteiger partial charge in [-0.15, -0.1) is 0 Å². The number of nitrogens with zero attached hydrogens (tertiary/aromatic N) is 1. The van der Waals surface area contributed by atoms with Gasteiger partial charge in [-0.25, -0.2) is 4.39 Å². The molecule has 3 aliphatic rings. The summed E-state index contributed by atoms with van der Waals surface area (Å²) in [5.74, 6) is -2.08. The SMILES string of the molecule is O=C(OCc1ccccc1)C1C2C=CC3(CN(Cc4ccc(F)cc4)C(=O)C13)O2. The molecule has 0 radical (unpaired) electrons. The number of hydrogen-bond donors (Lipinski definition) is 0. The summed E-state index contributed by atoms with van der Waals surface area (Å²) in [4.78, 5) is 27.7. The minimum Gasteiger partial charge on any atom is -0.460 e. The summed E-state index contributed by atoms with van der Waals surface area (Å²) in [6, 6.07) is 15.5. The molecule has 3 aliphatic heterocycles. The number of carbonyl (C=O) groups excluding carboxylic acids is 2. The first kappa shape index (κ1) is 18.1. The van der Waals surface area contributed by atoms with Gasteiger partial charge in [0.25, 0.3) is 0 Å². The van der Waals surface area contributed by atoms with E-state index in [1.807, 2.05) is 42.5 Å². The van der Waals surface area contributed by atoms with E-state index in [0.717, 1.165) is 11.1 Å². The van der Waals surface area contributed by atoms with Crippen molar-refractivity contribution in [2.75, 3.05) is 6.54 Å². The maximum atomic E-state index is 13.2. The first-order valence-electron chi connectivity index (χ1n) is 9.67. The number of halogens is 1. The Morgan fingerprint density at radius 3 is 2.66 bits per heavy atom. The summed E-state index contributed by atoms with van der Waals surface area (Å²) in [7, 11) is 0. The summed E-state index contributed by atoms with van der Waals surface area (Å²) in [6.45, 7) is 0.897. The molecule has 5 nitrogen and oxygen atoms in total. The Morgan fingerprint density at radius 1 is 1.14 bits per heavy atom. The molecule has 0 saturated carbocycles. The summed E-state index contributed by atoms with van der Waals surface area (Å²) in [5.41, 5.74) is 0.946. The van der Waals surface area contributed by atoms with E-state index in [1.54, 1.807) is 17.0 Å². The van der Waals surface area contributed by atoms with Gasteiger partial charge in [0.2, 0.25) is 5.91 Å². The highest BCUT2D eigenvalue weighted by atomic mass is 19.1. The molecule has 5 rings (SSSR count). The van der Waals surface area contributed by atoms with Crippen LogP contribution in [0.1, 0.15) is 11.1 Å². The van der Waals surface area contributed by atoms with Crippen molar-refractivity contribution in [3.8, 4) is 0 Å². The van der Waals surface area contributed by atoms with Crippen LogP contribution in [0.25, 0.3) is 0 Å². The normalized spacial score (nSPS) is 29.3. The predicted octanol–water partition coefficient (Wildman–Crippen LogP) is 2.85. The van der Waals surface area contributed by atoms with Gasteiger partial charge in [-0.2, -0.15) is 0 Å². The maximum absolute atomic E-state index is 13.2. The van der Waals surface area contributed by atoms with E-state index in [1.165, 1.54) is 12.1 Å². The Balaban J connectivity index is 1.32. The Morgan fingerprint density at radius 2 is 1.90 bits per heavy atom. The molecule has 3 heterocycles. The second-order valence-electron chi connectivity index (χ2n) is 7.81. The van der Waals surface area contributed by atoms with Gasteiger partial charge in [-0.3, -0.25) is 9.59 Å². The zero-order valence-electron chi connectivity index (χ0n) is 15.7. The molecule has 0 N–H and O–H groups in total. The van der Waals surface area contributed by atoms with E-state index >= 15 is 0 Å². The Kier molecular flexibility index (Phi) is 4.24. The molecule has 2 aromatic rings. The Hall–Kier alpha value is -2.99. The Bertz CT molecular complexity index is 974. The third-order valence-corrected chi connectivity index (χ3v) is 5.96. The quantitative estimate of drug-likeness (QED) is 0.579. The third kappa shape index (κ3) is 3.04. The van der Waals surface area contributed by atoms with E-state index in [4.69, 9.17) is 9.47 Å². The van der Waals surface area contributed by atoms with E-state index in [2.05, 4.69) is 0 Å². The first-order valence-corrected chi connectivity index (χ1v) is 9.67. The van der Waals surface area contributed by atoms with Crippen molar-refractivity contribution in [1.29, 1.82) is 0 Å². The highest BCUT2D eigenvalue weighted by Gasteiger charge is 2.67. The molecular formula is C23H20FNO4. The fraction of sp³-hybridized carbons (Fsp3) is 0.304. The number of fused-ring (bicyclic) bond motifs is 1. The lowest BCUT2D eigenvalue weighted by Crippen LogP contribution is -2.39. The molecule has 2 bridgehead atoms. The molecule has 2 fully saturated rings. The predicted molar refractivity (Wildman–Crippen MR) is 102 cm³/mol. The van der Waals surface area contributed by atoms with Gasteiger partial charge >= 0.3 is 5.97 Å². The number of hydrogen-bond acceptors (Lipinski definition) is 4. The van der Waals surface area contributed by atoms with E-state index < -0.39 is 29.5 Å². The standard InChI is InChI=1S/C23H20FNO4/c24-17-8-6-15(7-9-17)12-25-14-23-11-10-18(29-23)19(20(23)21(25)26)22(27)28-13-16-4-2-1-3-5-16/h1-11,18-20H,12-14H2. The van der Waals surface area contributed by atoms with Gasteiger partial charge in [-0.05, 0) is 23.3 Å². The largest absolute Gasteiger partial charge is 0.460 e. The molecule has 0 aromatic heterocycles. The fourth-order valence-electron chi connectivity index (χ4n) is 4.62. The van der Waals surface area contributed by atoms with Crippen molar-refractivity contribution < 1.29 is 23.5 Å². The van der Waals surface area contributed by atoms with E-state index in [-0.39, 0.29) is 18.3 Å². The average molecular weight is 393 g/mol. The topological polar surface area (TPSA) is 55.8 Å². The second-order valence-corrected chi connectivity index (χ2v) is 7.81. The molecule has 2 aromatic carbocycles. The molecule has 148 valence electrons. The van der Waals surface area contributed by atoms with Crippen molar-refractivity contribution in [2.45, 2.75) is 24.9 Å². The zero-order valence-corrected chi connectivity index (χ0v) is 15.7. The van der Waals surface area contributed by atoms with Crippen molar-refractivity contribution in [1.82, 2.24) is 4.90 Å². The first-order chi connectivity index (χ1) is 14.1. The van der Waals surface area contributed by atoms with Crippen molar-refractivity contribution in [3.05, 3.63) is 83.7 Å². The number of likely N-dealkylation sites (tertiary alicyclic amines) is 1. The monoisotopic (exact) mass is 393 g/mol. The molecule has 1 amide bonds. The molecule has 0 aliphatic carbocycles. The Labute approximate surface area is 167 Å². The highest BCUT2D eigenvalue weighted by molar-refractivity contribution is 5.91. The fourth-order valence-corrected chi connectivity index (χ4v) is 4.62. The van der Waals surface area contributed by atoms with Gasteiger partial charge in [0.1, 0.15) is 23.9 Å². The number of esters is 1. The molecule has 4 unspecified atom stereocenters. The van der Waals surface area contributed by atoms with Crippen LogP contribution in [0.3, 0.4) is 0 Å². The van der Waals surface area contributed by atoms with Crippen LogP contribution in [-0.2, 0) is 32.2 Å². The van der Waals surface area contributed by atoms with E-state index in [9.17, 15) is 14.0 Å². The summed E-state index contributed by atoms with van der Waals surface area (Å²) in [6.07, 6.45) is 3.34. The molecule has 4 atom stereocenters. The highest BCUT2D eigenvalue weighted by Crippen LogP contribution is 2.52. The van der Waals surface area contributed by atoms with Crippen molar-refractivity contribution in [2.24, 2.45) is 11.8 Å². The van der Waals surface area contributed by atoms with Crippen molar-refractivity contribution >= 4 is 11.9 Å². The van der Waals surface area contributed by atoms with Crippen LogP contribution in [0.5, 0.6) is 0 Å². The summed E-state index contributed by atoms with van der Waals surface area (Å²) in [5, 5.41) is 0. The number of carbonyl (C=O) groups is 2. The van der Waals surface area contributed by atoms with Crippen LogP contribution in [0.15, 0.2) is 66.7 Å². The lowest BCUT2D eigenvalue weighted by molar-refractivity contribution is -0.155. The van der Waals surface area contributed by atoms with Gasteiger partial charge < -0.3 is 14.4 Å². The maximum Gasteiger partial charge on any atom is 0.313 e. The number of benzene rings is 2. The lowest BCUT2D eigenvalue weighted by Gasteiger charge is -2.22. The van der Waals surface area contributed by atoms with E-state index in [0.29, 0.717) is 13.1 Å². The van der Waals surface area contributed by atoms with Gasteiger partial charge in [0.05, 0.1) is 18.6 Å². The van der Waals surface area contributed by atoms with Crippen LogP contribution >= 0.6 is 0 Å². The van der Waals surface area contributed by atoms with Crippen LogP contribution in [0, 0.1) is 17.7 Å². The zero-order chi connectivity index (χ0) is 20.0.